The molecule has 3 aromatic carbocycles. The maximum absolute atomic E-state index is 12.9. The van der Waals surface area contributed by atoms with Gasteiger partial charge in [0, 0.05) is 35.6 Å². The molecular formula is C29H25ClN6O4. The van der Waals surface area contributed by atoms with E-state index in [1.54, 1.807) is 12.1 Å². The minimum absolute atomic E-state index is 0.0103. The topological polar surface area (TPSA) is 165 Å². The minimum Gasteiger partial charge on any atom is -0.507 e. The molecular weight excluding hydrogens is 532 g/mol. The molecule has 3 aromatic rings. The normalized spacial score (nSPS) is 11.4. The number of halogens is 1. The average molecular weight is 557 g/mol. The van der Waals surface area contributed by atoms with Gasteiger partial charge in [0.15, 0.2) is 11.6 Å². The number of nitro benzene ring substituents is 1. The predicted molar refractivity (Wildman–Crippen MR) is 150 cm³/mol. The van der Waals surface area contributed by atoms with Crippen LogP contribution in [0.25, 0.3) is 0 Å². The zero-order valence-electron chi connectivity index (χ0n) is 21.6. The fraction of sp³-hybridized carbons (Fsp3) is 0.241. The summed E-state index contributed by atoms with van der Waals surface area (Å²) in [5.41, 5.74) is 2.38. The minimum atomic E-state index is -0.540. The smallest absolute Gasteiger partial charge is 0.271 e. The van der Waals surface area contributed by atoms with E-state index in [9.17, 15) is 20.0 Å². The number of ketones is 1. The van der Waals surface area contributed by atoms with E-state index in [0.29, 0.717) is 31.2 Å². The summed E-state index contributed by atoms with van der Waals surface area (Å²) in [7, 11) is 0. The molecule has 202 valence electrons. The van der Waals surface area contributed by atoms with Crippen molar-refractivity contribution < 1.29 is 14.8 Å². The number of hydrogen-bond donors (Lipinski definition) is 1. The van der Waals surface area contributed by atoms with Crippen molar-refractivity contribution in [2.45, 2.75) is 38.5 Å². The number of aliphatic imine (C=N–C) groups is 1. The molecule has 3 rings (SSSR count). The third-order valence-corrected chi connectivity index (χ3v) is 6.34. The number of azo groups is 1. The first-order valence-electron chi connectivity index (χ1n) is 12.3. The number of non-ortho nitro benzene ring substituents is 1. The number of phenolic OH excluding ortho intramolecular Hbond substituents is 1. The summed E-state index contributed by atoms with van der Waals surface area (Å²) in [6.07, 6.45) is 1.95. The second kappa shape index (κ2) is 14.3. The van der Waals surface area contributed by atoms with Crippen LogP contribution in [0.1, 0.15) is 58.6 Å². The third kappa shape index (κ3) is 8.03. The zero-order chi connectivity index (χ0) is 29.1. The van der Waals surface area contributed by atoms with Crippen molar-refractivity contribution >= 4 is 34.6 Å². The highest BCUT2D eigenvalue weighted by Crippen LogP contribution is 2.29. The molecule has 0 aliphatic carbocycles. The van der Waals surface area contributed by atoms with Crippen LogP contribution in [0.4, 0.5) is 11.4 Å². The summed E-state index contributed by atoms with van der Waals surface area (Å²) in [5.74, 6) is -0.599. The third-order valence-electron chi connectivity index (χ3n) is 6.10. The molecule has 0 fully saturated rings. The molecule has 1 N–H and O–H groups in total. The van der Waals surface area contributed by atoms with E-state index in [1.807, 2.05) is 19.1 Å². The molecule has 0 atom stereocenters. The predicted octanol–water partition coefficient (Wildman–Crippen LogP) is 7.37. The van der Waals surface area contributed by atoms with E-state index in [0.717, 1.165) is 11.1 Å². The summed E-state index contributed by atoms with van der Waals surface area (Å²) in [6, 6.07) is 19.6. The van der Waals surface area contributed by atoms with Crippen LogP contribution in [-0.2, 0) is 0 Å². The van der Waals surface area contributed by atoms with Crippen LogP contribution < -0.4 is 0 Å². The van der Waals surface area contributed by atoms with Gasteiger partial charge < -0.3 is 5.11 Å². The molecule has 0 saturated carbocycles. The lowest BCUT2D eigenvalue weighted by atomic mass is 9.88. The van der Waals surface area contributed by atoms with Crippen LogP contribution in [0.3, 0.4) is 0 Å². The van der Waals surface area contributed by atoms with Crippen molar-refractivity contribution in [2.24, 2.45) is 15.2 Å². The molecule has 0 saturated heterocycles. The number of carbonyl (C=O) groups excluding carboxylic acids is 1. The van der Waals surface area contributed by atoms with Gasteiger partial charge in [-0.25, -0.2) is 0 Å². The van der Waals surface area contributed by atoms with Crippen molar-refractivity contribution in [2.75, 3.05) is 6.54 Å². The molecule has 40 heavy (non-hydrogen) atoms. The second-order valence-electron chi connectivity index (χ2n) is 8.87. The monoisotopic (exact) mass is 556 g/mol. The quantitative estimate of drug-likeness (QED) is 0.0646. The van der Waals surface area contributed by atoms with E-state index in [4.69, 9.17) is 22.1 Å². The Morgan fingerprint density at radius 2 is 1.77 bits per heavy atom. The average Bonchev–Trinajstić information content (AvgIpc) is 2.94. The number of nitrogens with zero attached hydrogens (tertiary/aromatic N) is 6. The number of nitro groups is 1. The number of phenols is 1. The Balaban J connectivity index is 2.00. The second-order valence-corrected chi connectivity index (χ2v) is 9.30. The number of rotatable bonds is 11. The fourth-order valence-corrected chi connectivity index (χ4v) is 4.23. The van der Waals surface area contributed by atoms with Gasteiger partial charge in [0.05, 0.1) is 28.3 Å². The molecule has 0 radical (unpaired) electrons. The Hall–Kier alpha value is -4.93. The van der Waals surface area contributed by atoms with Gasteiger partial charge in [0.2, 0.25) is 0 Å². The molecule has 10 nitrogen and oxygen atoms in total. The lowest BCUT2D eigenvalue weighted by Gasteiger charge is -2.16. The fourth-order valence-electron chi connectivity index (χ4n) is 4.05. The number of aryl methyl sites for hydroxylation is 1. The first kappa shape index (κ1) is 29.6. The van der Waals surface area contributed by atoms with Gasteiger partial charge in [0.1, 0.15) is 12.3 Å². The first-order valence-corrected chi connectivity index (χ1v) is 12.7. The van der Waals surface area contributed by atoms with E-state index >= 15 is 0 Å². The lowest BCUT2D eigenvalue weighted by Crippen LogP contribution is -2.09. The van der Waals surface area contributed by atoms with E-state index in [2.05, 4.69) is 27.4 Å². The summed E-state index contributed by atoms with van der Waals surface area (Å²) in [5, 5.41) is 48.0. The largest absolute Gasteiger partial charge is 0.507 e. The van der Waals surface area contributed by atoms with Gasteiger partial charge in [-0.2, -0.15) is 10.5 Å². The highest BCUT2D eigenvalue weighted by Gasteiger charge is 2.17. The summed E-state index contributed by atoms with van der Waals surface area (Å²) < 4.78 is 0. The van der Waals surface area contributed by atoms with Crippen LogP contribution in [0.5, 0.6) is 5.75 Å². The molecule has 0 aliphatic heterocycles. The Labute approximate surface area is 236 Å². The molecule has 0 heterocycles. The van der Waals surface area contributed by atoms with Crippen molar-refractivity contribution in [1.82, 2.24) is 0 Å². The van der Waals surface area contributed by atoms with Gasteiger partial charge >= 0.3 is 0 Å². The first-order chi connectivity index (χ1) is 19.2. The number of amidine groups is 1. The maximum Gasteiger partial charge on any atom is 0.271 e. The lowest BCUT2D eigenvalue weighted by molar-refractivity contribution is -0.384. The zero-order valence-corrected chi connectivity index (χ0v) is 22.4. The Kier molecular flexibility index (Phi) is 10.6. The molecule has 0 aromatic heterocycles. The molecule has 0 aliphatic rings. The molecule has 0 unspecified atom stereocenters. The van der Waals surface area contributed by atoms with Gasteiger partial charge in [0.25, 0.3) is 5.69 Å². The number of hydrogen-bond acceptors (Lipinski definition) is 8. The highest BCUT2D eigenvalue weighted by atomic mass is 35.5. The molecule has 0 amide bonds. The SMILES string of the molecule is Cc1cc(C(CCC#N)CCC#N)ccc1C(N=Nc1cccc([N+](=O)[O-])c1)=NCC(=O)c1cc(Cl)ccc1O. The standard InChI is InChI=1S/C29H25ClN6O4/c1-19-15-21(20(5-3-13-31)6-4-14-32)9-11-25(19)29(35-34-23-7-2-8-24(17-23)36(39)40)33-18-28(38)26-16-22(30)10-12-27(26)37/h2,7-12,15-17,20,37H,3-6,18H2,1H3. The van der Waals surface area contributed by atoms with Crippen molar-refractivity contribution in [3.05, 3.63) is 98.1 Å². The summed E-state index contributed by atoms with van der Waals surface area (Å²) in [4.78, 5) is 27.8. The van der Waals surface area contributed by atoms with Crippen LogP contribution >= 0.6 is 11.6 Å². The van der Waals surface area contributed by atoms with Crippen LogP contribution in [0.15, 0.2) is 75.9 Å². The van der Waals surface area contributed by atoms with E-state index in [-0.39, 0.29) is 46.0 Å². The van der Waals surface area contributed by atoms with Crippen LogP contribution in [-0.4, -0.2) is 28.2 Å². The molecule has 11 heteroatoms. The Morgan fingerprint density at radius 3 is 2.42 bits per heavy atom. The number of aromatic hydroxyl groups is 1. The number of Topliss-reactive ketones (excluding diaryl/α,β-unsaturated/α-hetero) is 1. The summed E-state index contributed by atoms with van der Waals surface area (Å²) in [6.45, 7) is 1.47. The molecule has 0 spiro atoms. The number of benzene rings is 3. The number of carbonyl (C=O) groups is 1. The molecule has 0 bridgehead atoms. The van der Waals surface area contributed by atoms with Gasteiger partial charge in [-0.3, -0.25) is 19.9 Å². The Morgan fingerprint density at radius 1 is 1.05 bits per heavy atom. The van der Waals surface area contributed by atoms with Gasteiger partial charge in [-0.1, -0.05) is 35.9 Å². The van der Waals surface area contributed by atoms with Gasteiger partial charge in [-0.15, -0.1) is 10.2 Å². The van der Waals surface area contributed by atoms with E-state index < -0.39 is 10.7 Å². The maximum atomic E-state index is 12.9. The summed E-state index contributed by atoms with van der Waals surface area (Å²) >= 11 is 5.98. The Bertz CT molecular complexity index is 1540. The van der Waals surface area contributed by atoms with Crippen LogP contribution in [0.2, 0.25) is 5.02 Å². The van der Waals surface area contributed by atoms with Crippen molar-refractivity contribution in [3.8, 4) is 17.9 Å². The van der Waals surface area contributed by atoms with Gasteiger partial charge in [-0.05, 0) is 61.1 Å². The van der Waals surface area contributed by atoms with Crippen LogP contribution in [0, 0.1) is 39.7 Å². The van der Waals surface area contributed by atoms with Crippen molar-refractivity contribution in [3.63, 3.8) is 0 Å². The number of nitriles is 2. The van der Waals surface area contributed by atoms with E-state index in [1.165, 1.54) is 36.4 Å². The van der Waals surface area contributed by atoms with Crippen molar-refractivity contribution in [1.29, 1.82) is 10.5 Å². The highest BCUT2D eigenvalue weighted by molar-refractivity contribution is 6.31.